The molecule has 2 rings (SSSR count). The van der Waals surface area contributed by atoms with E-state index in [0.717, 1.165) is 12.2 Å². The van der Waals surface area contributed by atoms with Crippen LogP contribution in [0.3, 0.4) is 0 Å². The number of thioether (sulfide) groups is 1. The SMILES string of the molecule is CSCCC(C)N(C)c1nc(NN)nc(-n2ccnc2)n1. The highest BCUT2D eigenvalue weighted by Crippen LogP contribution is 2.16. The van der Waals surface area contributed by atoms with E-state index in [0.29, 0.717) is 23.9 Å². The highest BCUT2D eigenvalue weighted by Gasteiger charge is 2.15. The summed E-state index contributed by atoms with van der Waals surface area (Å²) in [5.74, 6) is 7.92. The van der Waals surface area contributed by atoms with Crippen LogP contribution >= 0.6 is 11.8 Å². The summed E-state index contributed by atoms with van der Waals surface area (Å²) in [6.45, 7) is 2.15. The molecule has 0 aliphatic rings. The van der Waals surface area contributed by atoms with Crippen LogP contribution in [0, 0.1) is 0 Å². The number of nitrogens with one attached hydrogen (secondary N) is 1. The van der Waals surface area contributed by atoms with Gasteiger partial charge in [0.15, 0.2) is 0 Å². The Balaban J connectivity index is 2.28. The quantitative estimate of drug-likeness (QED) is 0.575. The Hall–Kier alpha value is -1.87. The zero-order valence-corrected chi connectivity index (χ0v) is 13.2. The van der Waals surface area contributed by atoms with Crippen LogP contribution in [0.25, 0.3) is 5.95 Å². The summed E-state index contributed by atoms with van der Waals surface area (Å²) < 4.78 is 1.71. The van der Waals surface area contributed by atoms with Crippen LogP contribution in [-0.4, -0.2) is 49.6 Å². The minimum absolute atomic E-state index is 0.320. The maximum Gasteiger partial charge on any atom is 0.243 e. The van der Waals surface area contributed by atoms with E-state index in [4.69, 9.17) is 5.84 Å². The van der Waals surface area contributed by atoms with Crippen molar-refractivity contribution in [2.75, 3.05) is 29.4 Å². The standard InChI is InChI=1S/C12H20N8S/c1-9(4-7-21-3)19(2)11-15-10(18-13)16-12(17-11)20-6-5-14-8-20/h5-6,8-9H,4,7,13H2,1-3H3,(H,15,16,17,18). The van der Waals surface area contributed by atoms with Crippen LogP contribution in [0.15, 0.2) is 18.7 Å². The molecule has 0 aromatic carbocycles. The molecule has 0 spiro atoms. The molecule has 3 N–H and O–H groups in total. The average molecular weight is 308 g/mol. The molecular weight excluding hydrogens is 288 g/mol. The Morgan fingerprint density at radius 3 is 2.86 bits per heavy atom. The van der Waals surface area contributed by atoms with Crippen molar-refractivity contribution in [3.63, 3.8) is 0 Å². The first kappa shape index (κ1) is 15.5. The van der Waals surface area contributed by atoms with Crippen molar-refractivity contribution >= 4 is 23.7 Å². The van der Waals surface area contributed by atoms with E-state index in [1.54, 1.807) is 23.3 Å². The van der Waals surface area contributed by atoms with E-state index in [1.165, 1.54) is 0 Å². The summed E-state index contributed by atoms with van der Waals surface area (Å²) in [4.78, 5) is 19.1. The molecule has 9 heteroatoms. The van der Waals surface area contributed by atoms with Gasteiger partial charge in [0.1, 0.15) is 6.33 Å². The minimum Gasteiger partial charge on any atom is -0.341 e. The summed E-state index contributed by atoms with van der Waals surface area (Å²) in [6, 6.07) is 0.320. The number of hydrogen-bond acceptors (Lipinski definition) is 8. The Morgan fingerprint density at radius 2 is 2.24 bits per heavy atom. The van der Waals surface area contributed by atoms with Crippen molar-refractivity contribution in [3.05, 3.63) is 18.7 Å². The second kappa shape index (κ2) is 7.23. The van der Waals surface area contributed by atoms with Gasteiger partial charge in [0.2, 0.25) is 17.8 Å². The van der Waals surface area contributed by atoms with E-state index in [9.17, 15) is 0 Å². The molecule has 0 radical (unpaired) electrons. The highest BCUT2D eigenvalue weighted by atomic mass is 32.2. The van der Waals surface area contributed by atoms with E-state index in [-0.39, 0.29) is 0 Å². The molecule has 0 saturated carbocycles. The zero-order valence-electron chi connectivity index (χ0n) is 12.4. The molecule has 114 valence electrons. The van der Waals surface area contributed by atoms with Crippen LogP contribution in [0.4, 0.5) is 11.9 Å². The lowest BCUT2D eigenvalue weighted by atomic mass is 10.2. The van der Waals surface area contributed by atoms with Gasteiger partial charge in [-0.15, -0.1) is 0 Å². The molecule has 1 atom stereocenters. The number of hydrazine groups is 1. The third-order valence-electron chi connectivity index (χ3n) is 3.19. The first-order valence-electron chi connectivity index (χ1n) is 6.58. The van der Waals surface area contributed by atoms with E-state index >= 15 is 0 Å². The Bertz CT molecular complexity index is 558. The van der Waals surface area contributed by atoms with Crippen molar-refractivity contribution in [3.8, 4) is 5.95 Å². The van der Waals surface area contributed by atoms with Crippen molar-refractivity contribution in [2.24, 2.45) is 5.84 Å². The van der Waals surface area contributed by atoms with Crippen LogP contribution in [-0.2, 0) is 0 Å². The van der Waals surface area contributed by atoms with Gasteiger partial charge in [-0.3, -0.25) is 9.99 Å². The van der Waals surface area contributed by atoms with Crippen molar-refractivity contribution < 1.29 is 0 Å². The number of aromatic nitrogens is 5. The average Bonchev–Trinajstić information content (AvgIpc) is 3.05. The minimum atomic E-state index is 0.320. The molecule has 2 aromatic heterocycles. The van der Waals surface area contributed by atoms with Crippen LogP contribution < -0.4 is 16.2 Å². The maximum absolute atomic E-state index is 5.45. The monoisotopic (exact) mass is 308 g/mol. The molecule has 0 amide bonds. The van der Waals surface area contributed by atoms with E-state index < -0.39 is 0 Å². The highest BCUT2D eigenvalue weighted by molar-refractivity contribution is 7.98. The number of hydrogen-bond donors (Lipinski definition) is 2. The van der Waals surface area contributed by atoms with Gasteiger partial charge >= 0.3 is 0 Å². The van der Waals surface area contributed by atoms with Gasteiger partial charge in [0, 0.05) is 25.5 Å². The molecule has 2 heterocycles. The fourth-order valence-electron chi connectivity index (χ4n) is 1.75. The van der Waals surface area contributed by atoms with Gasteiger partial charge in [-0.2, -0.15) is 26.7 Å². The summed E-state index contributed by atoms with van der Waals surface area (Å²) in [6.07, 6.45) is 8.23. The lowest BCUT2D eigenvalue weighted by Crippen LogP contribution is -2.31. The Labute approximate surface area is 128 Å². The normalized spacial score (nSPS) is 12.2. The number of nitrogens with two attached hydrogens (primary N) is 1. The molecule has 0 saturated heterocycles. The molecule has 2 aromatic rings. The van der Waals surface area contributed by atoms with Crippen LogP contribution in [0.1, 0.15) is 13.3 Å². The Morgan fingerprint density at radius 1 is 1.43 bits per heavy atom. The smallest absolute Gasteiger partial charge is 0.243 e. The molecule has 1 unspecified atom stereocenters. The van der Waals surface area contributed by atoms with Gasteiger partial charge in [-0.1, -0.05) is 0 Å². The van der Waals surface area contributed by atoms with E-state index in [2.05, 4.69) is 38.5 Å². The summed E-state index contributed by atoms with van der Waals surface area (Å²) in [7, 11) is 1.97. The topological polar surface area (TPSA) is 97.8 Å². The maximum atomic E-state index is 5.45. The van der Waals surface area contributed by atoms with E-state index in [1.807, 2.05) is 23.7 Å². The largest absolute Gasteiger partial charge is 0.341 e. The molecule has 0 fully saturated rings. The first-order chi connectivity index (χ1) is 10.2. The fraction of sp³-hybridized carbons (Fsp3) is 0.500. The van der Waals surface area contributed by atoms with Gasteiger partial charge in [-0.25, -0.2) is 10.8 Å². The van der Waals surface area contributed by atoms with Gasteiger partial charge in [-0.05, 0) is 25.4 Å². The van der Waals surface area contributed by atoms with Crippen molar-refractivity contribution in [2.45, 2.75) is 19.4 Å². The summed E-state index contributed by atoms with van der Waals surface area (Å²) in [5.41, 5.74) is 2.48. The molecule has 8 nitrogen and oxygen atoms in total. The first-order valence-corrected chi connectivity index (χ1v) is 7.98. The fourth-order valence-corrected chi connectivity index (χ4v) is 2.33. The molecule has 21 heavy (non-hydrogen) atoms. The second-order valence-electron chi connectivity index (χ2n) is 4.61. The number of nitrogens with zero attached hydrogens (tertiary/aromatic N) is 6. The predicted molar refractivity (Wildman–Crippen MR) is 85.6 cm³/mol. The lowest BCUT2D eigenvalue weighted by Gasteiger charge is -2.25. The van der Waals surface area contributed by atoms with Crippen LogP contribution in [0.5, 0.6) is 0 Å². The van der Waals surface area contributed by atoms with Gasteiger partial charge in [0.05, 0.1) is 0 Å². The Kier molecular flexibility index (Phi) is 5.34. The molecule has 0 aliphatic carbocycles. The van der Waals surface area contributed by atoms with Crippen LogP contribution in [0.2, 0.25) is 0 Å². The number of imidazole rings is 1. The zero-order chi connectivity index (χ0) is 15.2. The number of nitrogen functional groups attached to an aromatic ring is 1. The lowest BCUT2D eigenvalue weighted by molar-refractivity contribution is 0.650. The van der Waals surface area contributed by atoms with Gasteiger partial charge < -0.3 is 4.90 Å². The van der Waals surface area contributed by atoms with Crippen molar-refractivity contribution in [1.82, 2.24) is 24.5 Å². The van der Waals surface area contributed by atoms with Gasteiger partial charge in [0.25, 0.3) is 0 Å². The third-order valence-corrected chi connectivity index (χ3v) is 3.84. The summed E-state index contributed by atoms with van der Waals surface area (Å²) >= 11 is 1.83. The summed E-state index contributed by atoms with van der Waals surface area (Å²) in [5, 5.41) is 0. The molecule has 0 aliphatic heterocycles. The van der Waals surface area contributed by atoms with Crippen molar-refractivity contribution in [1.29, 1.82) is 0 Å². The molecular formula is C12H20N8S. The second-order valence-corrected chi connectivity index (χ2v) is 5.60. The third kappa shape index (κ3) is 3.82. The predicted octanol–water partition coefficient (Wildman–Crippen LogP) is 0.921. The number of anilines is 2. The number of rotatable bonds is 7. The molecule has 0 bridgehead atoms.